The Morgan fingerprint density at radius 2 is 1.64 bits per heavy atom. The van der Waals surface area contributed by atoms with Crippen LogP contribution in [0, 0.1) is 13.8 Å². The van der Waals surface area contributed by atoms with Crippen molar-refractivity contribution in [3.63, 3.8) is 0 Å². The highest BCUT2D eigenvalue weighted by Crippen LogP contribution is 2.38. The monoisotopic (exact) mass is 570 g/mol. The van der Waals surface area contributed by atoms with Gasteiger partial charge in [0.05, 0.1) is 23.9 Å². The number of nitrogens with zero attached hydrogens (tertiary/aromatic N) is 1. The molecule has 2 aliphatic rings. The van der Waals surface area contributed by atoms with Gasteiger partial charge in [-0.25, -0.2) is 4.79 Å². The Balaban J connectivity index is 1.14. The first-order valence-corrected chi connectivity index (χ1v) is 14.5. The van der Waals surface area contributed by atoms with Crippen molar-refractivity contribution < 1.29 is 28.3 Å². The summed E-state index contributed by atoms with van der Waals surface area (Å²) >= 11 is 0. The van der Waals surface area contributed by atoms with E-state index in [9.17, 15) is 24.3 Å². The second-order valence-corrected chi connectivity index (χ2v) is 11.5. The maximum atomic E-state index is 13.0. The maximum absolute atomic E-state index is 13.0. The lowest BCUT2D eigenvalue weighted by Gasteiger charge is -2.39. The number of likely N-dealkylation sites (tertiary alicyclic amines) is 1. The zero-order valence-corrected chi connectivity index (χ0v) is 23.9. The first-order valence-electron chi connectivity index (χ1n) is 14.5. The fraction of sp³-hybridized carbons (Fsp3) is 0.394. The number of hydrogen-bond donors (Lipinski definition) is 2. The highest BCUT2D eigenvalue weighted by Gasteiger charge is 2.43. The number of nitrogens with one attached hydrogen (secondary N) is 1. The molecule has 2 amide bonds. The summed E-state index contributed by atoms with van der Waals surface area (Å²) in [7, 11) is 0. The Morgan fingerprint density at radius 3 is 2.36 bits per heavy atom. The van der Waals surface area contributed by atoms with Crippen molar-refractivity contribution in [1.82, 2.24) is 10.2 Å². The number of carbonyl (C=O) groups excluding carboxylic acids is 2. The normalized spacial score (nSPS) is 16.4. The van der Waals surface area contributed by atoms with E-state index in [0.717, 1.165) is 58.9 Å². The van der Waals surface area contributed by atoms with Gasteiger partial charge < -0.3 is 24.2 Å². The molecule has 3 heterocycles. The Labute approximate surface area is 242 Å². The highest BCUT2D eigenvalue weighted by molar-refractivity contribution is 6.00. The molecule has 9 nitrogen and oxygen atoms in total. The van der Waals surface area contributed by atoms with Gasteiger partial charge in [0.25, 0.3) is 0 Å². The molecule has 1 saturated heterocycles. The molecule has 0 unspecified atom stereocenters. The first kappa shape index (κ1) is 27.8. The molecule has 2 aromatic heterocycles. The first-order chi connectivity index (χ1) is 20.2. The molecule has 6 rings (SSSR count). The van der Waals surface area contributed by atoms with Crippen LogP contribution in [0.4, 0.5) is 0 Å². The van der Waals surface area contributed by atoms with Gasteiger partial charge in [0.2, 0.25) is 11.8 Å². The lowest BCUT2D eigenvalue weighted by Crippen LogP contribution is -2.51. The van der Waals surface area contributed by atoms with Gasteiger partial charge in [-0.2, -0.15) is 0 Å². The third-order valence-electron chi connectivity index (χ3n) is 9.20. The van der Waals surface area contributed by atoms with Gasteiger partial charge in [-0.1, -0.05) is 30.3 Å². The van der Waals surface area contributed by atoms with E-state index < -0.39 is 22.9 Å². The van der Waals surface area contributed by atoms with E-state index in [0.29, 0.717) is 11.1 Å². The van der Waals surface area contributed by atoms with Crippen molar-refractivity contribution in [3.05, 3.63) is 80.4 Å². The van der Waals surface area contributed by atoms with E-state index in [-0.39, 0.29) is 50.4 Å². The molecule has 1 aliphatic carbocycles. The average Bonchev–Trinajstić information content (AvgIpc) is 3.38. The van der Waals surface area contributed by atoms with Crippen LogP contribution in [0.1, 0.15) is 59.3 Å². The van der Waals surface area contributed by atoms with E-state index >= 15 is 0 Å². The van der Waals surface area contributed by atoms with Crippen LogP contribution in [0.3, 0.4) is 0 Å². The van der Waals surface area contributed by atoms with Gasteiger partial charge in [-0.3, -0.25) is 14.4 Å². The standard InChI is InChI=1S/C33H34N2O7/c1-19-23-16-25-22-10-6-7-11-26(22)41-30(25)20(2)29(23)42-31(38)24(19)17-27(36)34-18-28(37)35-14-12-33(13-15-35,32(39)40)21-8-4-3-5-9-21/h3-5,8-9,16H,6-7,10-15,17-18H2,1-2H3,(H,34,36)(H,39,40). The van der Waals surface area contributed by atoms with E-state index in [2.05, 4.69) is 5.32 Å². The summed E-state index contributed by atoms with van der Waals surface area (Å²) in [5.74, 6) is -0.651. The zero-order chi connectivity index (χ0) is 29.6. The zero-order valence-electron chi connectivity index (χ0n) is 23.9. The molecule has 4 aromatic rings. The predicted octanol–water partition coefficient (Wildman–Crippen LogP) is 4.34. The fourth-order valence-corrected chi connectivity index (χ4v) is 6.65. The molecule has 9 heteroatoms. The number of fused-ring (bicyclic) bond motifs is 4. The summed E-state index contributed by atoms with van der Waals surface area (Å²) in [6, 6.07) is 11.1. The number of furan rings is 1. The number of carbonyl (C=O) groups is 3. The van der Waals surface area contributed by atoms with Crippen molar-refractivity contribution >= 4 is 39.7 Å². The van der Waals surface area contributed by atoms with Crippen molar-refractivity contribution in [2.75, 3.05) is 19.6 Å². The van der Waals surface area contributed by atoms with Crippen LogP contribution in [-0.4, -0.2) is 47.4 Å². The van der Waals surface area contributed by atoms with Gasteiger partial charge in [-0.15, -0.1) is 0 Å². The Bertz CT molecular complexity index is 1780. The van der Waals surface area contributed by atoms with Crippen LogP contribution in [0.25, 0.3) is 21.9 Å². The SMILES string of the molecule is Cc1c(CC(=O)NCC(=O)N2CCC(C(=O)O)(c3ccccc3)CC2)c(=O)oc2c(C)c3oc4c(c3cc12)CCCC4. The summed E-state index contributed by atoms with van der Waals surface area (Å²) in [4.78, 5) is 52.6. The van der Waals surface area contributed by atoms with Crippen LogP contribution in [-0.2, 0) is 39.1 Å². The third kappa shape index (κ3) is 4.66. The molecular weight excluding hydrogens is 536 g/mol. The number of aryl methyl sites for hydroxylation is 4. The topological polar surface area (TPSA) is 130 Å². The Kier molecular flexibility index (Phi) is 7.12. The van der Waals surface area contributed by atoms with E-state index in [1.165, 1.54) is 5.56 Å². The molecule has 42 heavy (non-hydrogen) atoms. The molecule has 2 N–H and O–H groups in total. The highest BCUT2D eigenvalue weighted by atomic mass is 16.4. The molecule has 0 spiro atoms. The summed E-state index contributed by atoms with van der Waals surface area (Å²) in [5.41, 5.74) is 3.26. The molecule has 1 fully saturated rings. The largest absolute Gasteiger partial charge is 0.481 e. The Morgan fingerprint density at radius 1 is 0.952 bits per heavy atom. The van der Waals surface area contributed by atoms with Gasteiger partial charge in [0.15, 0.2) is 0 Å². The second kappa shape index (κ2) is 10.8. The van der Waals surface area contributed by atoms with Crippen molar-refractivity contribution in [2.45, 2.75) is 64.2 Å². The summed E-state index contributed by atoms with van der Waals surface area (Å²) in [6.45, 7) is 4.02. The minimum Gasteiger partial charge on any atom is -0.481 e. The average molecular weight is 571 g/mol. The molecule has 2 aromatic carbocycles. The number of hydrogen-bond acceptors (Lipinski definition) is 6. The maximum Gasteiger partial charge on any atom is 0.340 e. The number of rotatable bonds is 6. The van der Waals surface area contributed by atoms with Gasteiger partial charge in [0, 0.05) is 41.4 Å². The second-order valence-electron chi connectivity index (χ2n) is 11.5. The summed E-state index contributed by atoms with van der Waals surface area (Å²) in [5, 5.41) is 14.5. The van der Waals surface area contributed by atoms with Gasteiger partial charge in [0.1, 0.15) is 16.9 Å². The van der Waals surface area contributed by atoms with Crippen LogP contribution in [0.15, 0.2) is 50.0 Å². The van der Waals surface area contributed by atoms with Crippen molar-refractivity contribution in [3.8, 4) is 0 Å². The predicted molar refractivity (Wildman–Crippen MR) is 157 cm³/mol. The number of carboxylic acid groups (broad SMARTS) is 1. The molecule has 0 radical (unpaired) electrons. The Hall–Kier alpha value is -4.40. The van der Waals surface area contributed by atoms with Crippen molar-refractivity contribution in [1.29, 1.82) is 0 Å². The number of carboxylic acids is 1. The molecular formula is C33H34N2O7. The minimum absolute atomic E-state index is 0.214. The van der Waals surface area contributed by atoms with E-state index in [4.69, 9.17) is 8.83 Å². The third-order valence-corrected chi connectivity index (χ3v) is 9.20. The van der Waals surface area contributed by atoms with Crippen LogP contribution in [0.2, 0.25) is 0 Å². The van der Waals surface area contributed by atoms with E-state index in [1.54, 1.807) is 4.90 Å². The number of aliphatic carboxylic acids is 1. The van der Waals surface area contributed by atoms with Crippen molar-refractivity contribution in [2.24, 2.45) is 0 Å². The minimum atomic E-state index is -1.04. The molecule has 218 valence electrons. The lowest BCUT2D eigenvalue weighted by atomic mass is 9.73. The number of benzene rings is 2. The quantitative estimate of drug-likeness (QED) is 0.330. The molecule has 0 atom stereocenters. The van der Waals surface area contributed by atoms with E-state index in [1.807, 2.05) is 50.2 Å². The van der Waals surface area contributed by atoms with Crippen LogP contribution < -0.4 is 10.9 Å². The molecule has 1 aliphatic heterocycles. The molecule has 0 saturated carbocycles. The molecule has 0 bridgehead atoms. The van der Waals surface area contributed by atoms with Crippen LogP contribution >= 0.6 is 0 Å². The fourth-order valence-electron chi connectivity index (χ4n) is 6.65. The number of amides is 2. The number of piperidine rings is 1. The lowest BCUT2D eigenvalue weighted by molar-refractivity contribution is -0.148. The van der Waals surface area contributed by atoms with Gasteiger partial charge in [-0.05, 0) is 63.1 Å². The van der Waals surface area contributed by atoms with Gasteiger partial charge >= 0.3 is 11.6 Å². The summed E-state index contributed by atoms with van der Waals surface area (Å²) < 4.78 is 11.9. The van der Waals surface area contributed by atoms with Crippen LogP contribution in [0.5, 0.6) is 0 Å². The smallest absolute Gasteiger partial charge is 0.340 e. The summed E-state index contributed by atoms with van der Waals surface area (Å²) in [6.07, 6.45) is 4.41.